The van der Waals surface area contributed by atoms with Gasteiger partial charge in [-0.2, -0.15) is 0 Å². The van der Waals surface area contributed by atoms with Crippen molar-refractivity contribution in [2.75, 3.05) is 0 Å². The normalized spacial score (nSPS) is 14.1. The number of hydrogen-bond acceptors (Lipinski definition) is 1. The van der Waals surface area contributed by atoms with Crippen molar-refractivity contribution >= 4 is 15.9 Å². The molecule has 1 nitrogen and oxygen atoms in total. The van der Waals surface area contributed by atoms with Crippen molar-refractivity contribution in [1.29, 1.82) is 0 Å². The van der Waals surface area contributed by atoms with Crippen LogP contribution >= 0.6 is 15.9 Å². The second kappa shape index (κ2) is 5.85. The zero-order valence-electron chi connectivity index (χ0n) is 10.7. The third kappa shape index (κ3) is 4.15. The Bertz CT molecular complexity index is 552. The van der Waals surface area contributed by atoms with Crippen molar-refractivity contribution in [3.05, 3.63) is 69.9 Å². The van der Waals surface area contributed by atoms with Crippen molar-refractivity contribution < 1.29 is 9.50 Å². The van der Waals surface area contributed by atoms with Crippen LogP contribution in [0.5, 0.6) is 0 Å². The van der Waals surface area contributed by atoms with Crippen LogP contribution in [0, 0.1) is 5.82 Å². The Morgan fingerprint density at radius 3 is 2.32 bits per heavy atom. The van der Waals surface area contributed by atoms with Gasteiger partial charge in [-0.05, 0) is 46.1 Å². The first-order valence-electron chi connectivity index (χ1n) is 6.16. The highest BCUT2D eigenvalue weighted by Gasteiger charge is 2.21. The Hall–Kier alpha value is -1.19. The molecule has 0 saturated carbocycles. The number of hydrogen-bond donors (Lipinski definition) is 1. The molecule has 2 aromatic rings. The van der Waals surface area contributed by atoms with Crippen LogP contribution in [0.15, 0.2) is 53.0 Å². The topological polar surface area (TPSA) is 20.2 Å². The third-order valence-electron chi connectivity index (χ3n) is 3.00. The third-order valence-corrected chi connectivity index (χ3v) is 3.60. The Kier molecular flexibility index (Phi) is 4.38. The van der Waals surface area contributed by atoms with Crippen LogP contribution in [0.2, 0.25) is 0 Å². The van der Waals surface area contributed by atoms with Gasteiger partial charge >= 0.3 is 0 Å². The summed E-state index contributed by atoms with van der Waals surface area (Å²) in [5, 5.41) is 10.5. The van der Waals surface area contributed by atoms with E-state index in [4.69, 9.17) is 0 Å². The van der Waals surface area contributed by atoms with E-state index in [0.717, 1.165) is 11.1 Å². The molecule has 1 N–H and O–H groups in total. The van der Waals surface area contributed by atoms with E-state index in [0.29, 0.717) is 17.3 Å². The van der Waals surface area contributed by atoms with Crippen LogP contribution in [-0.2, 0) is 12.8 Å². The van der Waals surface area contributed by atoms with Crippen molar-refractivity contribution in [2.24, 2.45) is 0 Å². The van der Waals surface area contributed by atoms with E-state index in [2.05, 4.69) is 15.9 Å². The molecular weight excluding hydrogens is 307 g/mol. The smallest absolute Gasteiger partial charge is 0.137 e. The van der Waals surface area contributed by atoms with Crippen LogP contribution < -0.4 is 0 Å². The van der Waals surface area contributed by atoms with E-state index in [1.165, 1.54) is 6.07 Å². The summed E-state index contributed by atoms with van der Waals surface area (Å²) < 4.78 is 13.6. The fourth-order valence-electron chi connectivity index (χ4n) is 2.19. The molecular formula is C16H16BrFO. The van der Waals surface area contributed by atoms with Gasteiger partial charge in [0.1, 0.15) is 5.82 Å². The molecule has 0 aliphatic carbocycles. The summed E-state index contributed by atoms with van der Waals surface area (Å²) in [6.45, 7) is 1.80. The summed E-state index contributed by atoms with van der Waals surface area (Å²) in [6.07, 6.45) is 1.06. The number of halogens is 2. The SMILES string of the molecule is CC(O)(Cc1ccccc1)Cc1ccc(F)c(Br)c1. The van der Waals surface area contributed by atoms with Gasteiger partial charge in [0, 0.05) is 12.8 Å². The van der Waals surface area contributed by atoms with Gasteiger partial charge in [0.15, 0.2) is 0 Å². The Morgan fingerprint density at radius 1 is 1.05 bits per heavy atom. The molecule has 0 aliphatic rings. The van der Waals surface area contributed by atoms with Gasteiger partial charge in [0.25, 0.3) is 0 Å². The summed E-state index contributed by atoms with van der Waals surface area (Å²) in [7, 11) is 0. The molecule has 1 unspecified atom stereocenters. The summed E-state index contributed by atoms with van der Waals surface area (Å²) in [6, 6.07) is 14.7. The van der Waals surface area contributed by atoms with Gasteiger partial charge in [0.05, 0.1) is 10.1 Å². The summed E-state index contributed by atoms with van der Waals surface area (Å²) in [4.78, 5) is 0. The highest BCUT2D eigenvalue weighted by atomic mass is 79.9. The highest BCUT2D eigenvalue weighted by molar-refractivity contribution is 9.10. The van der Waals surface area contributed by atoms with Crippen molar-refractivity contribution in [1.82, 2.24) is 0 Å². The first-order chi connectivity index (χ1) is 8.96. The Balaban J connectivity index is 2.10. The van der Waals surface area contributed by atoms with E-state index < -0.39 is 5.60 Å². The monoisotopic (exact) mass is 322 g/mol. The maximum absolute atomic E-state index is 13.2. The predicted octanol–water partition coefficient (Wildman–Crippen LogP) is 4.12. The minimum absolute atomic E-state index is 0.286. The van der Waals surface area contributed by atoms with E-state index in [1.54, 1.807) is 19.1 Å². The van der Waals surface area contributed by atoms with E-state index in [1.807, 2.05) is 30.3 Å². The minimum Gasteiger partial charge on any atom is -0.389 e. The average Bonchev–Trinajstić information content (AvgIpc) is 2.34. The largest absolute Gasteiger partial charge is 0.389 e. The van der Waals surface area contributed by atoms with Gasteiger partial charge in [-0.25, -0.2) is 4.39 Å². The summed E-state index contributed by atoms with van der Waals surface area (Å²) >= 11 is 3.16. The van der Waals surface area contributed by atoms with E-state index in [9.17, 15) is 9.50 Å². The first-order valence-corrected chi connectivity index (χ1v) is 6.96. The fraction of sp³-hybridized carbons (Fsp3) is 0.250. The fourth-order valence-corrected chi connectivity index (χ4v) is 2.61. The number of benzene rings is 2. The molecule has 0 spiro atoms. The van der Waals surface area contributed by atoms with Crippen molar-refractivity contribution in [3.8, 4) is 0 Å². The molecule has 0 radical (unpaired) electrons. The zero-order valence-corrected chi connectivity index (χ0v) is 12.3. The maximum Gasteiger partial charge on any atom is 0.137 e. The Morgan fingerprint density at radius 2 is 1.68 bits per heavy atom. The highest BCUT2D eigenvalue weighted by Crippen LogP contribution is 2.22. The van der Waals surface area contributed by atoms with Crippen LogP contribution in [0.25, 0.3) is 0 Å². The standard InChI is InChI=1S/C16H16BrFO/c1-16(19,10-12-5-3-2-4-6-12)11-13-7-8-15(18)14(17)9-13/h2-9,19H,10-11H2,1H3. The minimum atomic E-state index is -0.849. The molecule has 100 valence electrons. The van der Waals surface area contributed by atoms with E-state index >= 15 is 0 Å². The van der Waals surface area contributed by atoms with Gasteiger partial charge in [-0.3, -0.25) is 0 Å². The van der Waals surface area contributed by atoms with Crippen molar-refractivity contribution in [2.45, 2.75) is 25.4 Å². The zero-order chi connectivity index (χ0) is 13.9. The average molecular weight is 323 g/mol. The molecule has 0 saturated heterocycles. The molecule has 0 fully saturated rings. The van der Waals surface area contributed by atoms with Crippen LogP contribution in [0.3, 0.4) is 0 Å². The molecule has 0 bridgehead atoms. The molecule has 2 aromatic carbocycles. The van der Waals surface area contributed by atoms with Crippen LogP contribution in [0.1, 0.15) is 18.1 Å². The molecule has 2 rings (SSSR count). The maximum atomic E-state index is 13.2. The lowest BCUT2D eigenvalue weighted by atomic mass is 9.90. The van der Waals surface area contributed by atoms with Gasteiger partial charge < -0.3 is 5.11 Å². The lowest BCUT2D eigenvalue weighted by Gasteiger charge is -2.23. The predicted molar refractivity (Wildman–Crippen MR) is 78.6 cm³/mol. The second-order valence-electron chi connectivity index (χ2n) is 5.08. The quantitative estimate of drug-likeness (QED) is 0.897. The van der Waals surface area contributed by atoms with Gasteiger partial charge in [0.2, 0.25) is 0 Å². The van der Waals surface area contributed by atoms with Crippen molar-refractivity contribution in [3.63, 3.8) is 0 Å². The van der Waals surface area contributed by atoms with Crippen LogP contribution in [0.4, 0.5) is 4.39 Å². The lowest BCUT2D eigenvalue weighted by molar-refractivity contribution is 0.0608. The molecule has 0 amide bonds. The molecule has 3 heteroatoms. The molecule has 1 atom stereocenters. The molecule has 0 aromatic heterocycles. The van der Waals surface area contributed by atoms with Gasteiger partial charge in [-0.15, -0.1) is 0 Å². The second-order valence-corrected chi connectivity index (χ2v) is 5.94. The van der Waals surface area contributed by atoms with E-state index in [-0.39, 0.29) is 5.82 Å². The molecule has 19 heavy (non-hydrogen) atoms. The number of aliphatic hydroxyl groups is 1. The first kappa shape index (κ1) is 14.2. The molecule has 0 heterocycles. The van der Waals surface area contributed by atoms with Crippen LogP contribution in [-0.4, -0.2) is 10.7 Å². The Labute approximate surface area is 121 Å². The summed E-state index contributed by atoms with van der Waals surface area (Å²) in [5.74, 6) is -0.286. The molecule has 0 aliphatic heterocycles. The lowest BCUT2D eigenvalue weighted by Crippen LogP contribution is -2.30. The van der Waals surface area contributed by atoms with Gasteiger partial charge in [-0.1, -0.05) is 36.4 Å². The number of rotatable bonds is 4. The summed E-state index contributed by atoms with van der Waals surface area (Å²) in [5.41, 5.74) is 1.15.